The second kappa shape index (κ2) is 14.2. The first-order chi connectivity index (χ1) is 17.5. The molecule has 4 fully saturated rings. The van der Waals surface area contributed by atoms with Crippen LogP contribution in [-0.4, -0.2) is 59.5 Å². The molecule has 202 valence electrons. The molecule has 2 heterocycles. The smallest absolute Gasteiger partial charge is 0.223 e. The molecule has 0 aromatic heterocycles. The standard InChI is InChI=1S/C18H31NO2.C11H13NO.C2H6/c20-16-10-13-19(14-18(16)11-4-5-12-18)17(21)9-8-15-6-2-1-3-7-15;1-12-8-10(7-11(12)13)9-5-3-2-4-6-9;1-2/h15-16,20H,1-14H2;2-6,10H,7-8H2,1H3;1-2H3. The zero-order valence-corrected chi connectivity index (χ0v) is 23.1. The minimum atomic E-state index is -0.178. The first-order valence-electron chi connectivity index (χ1n) is 14.7. The van der Waals surface area contributed by atoms with Crippen LogP contribution in [0.5, 0.6) is 0 Å². The molecule has 2 unspecified atom stereocenters. The van der Waals surface area contributed by atoms with Crippen molar-refractivity contribution in [2.75, 3.05) is 26.7 Å². The van der Waals surface area contributed by atoms with Crippen molar-refractivity contribution in [3.05, 3.63) is 35.9 Å². The Kier molecular flexibility index (Phi) is 11.3. The number of carbonyl (C=O) groups excluding carboxylic acids is 2. The highest BCUT2D eigenvalue weighted by atomic mass is 16.3. The quantitative estimate of drug-likeness (QED) is 0.541. The summed E-state index contributed by atoms with van der Waals surface area (Å²) in [5.41, 5.74) is 1.32. The van der Waals surface area contributed by atoms with Gasteiger partial charge in [-0.05, 0) is 37.2 Å². The van der Waals surface area contributed by atoms with E-state index in [1.807, 2.05) is 39.1 Å². The van der Waals surface area contributed by atoms with Gasteiger partial charge in [0.05, 0.1) is 6.10 Å². The lowest BCUT2D eigenvalue weighted by molar-refractivity contribution is -0.139. The Morgan fingerprint density at radius 2 is 1.67 bits per heavy atom. The Balaban J connectivity index is 0.000000206. The van der Waals surface area contributed by atoms with E-state index in [1.165, 1.54) is 50.5 Å². The molecule has 2 aliphatic carbocycles. The van der Waals surface area contributed by atoms with Gasteiger partial charge in [-0.25, -0.2) is 0 Å². The normalized spacial score (nSPS) is 25.7. The van der Waals surface area contributed by atoms with Crippen molar-refractivity contribution in [3.63, 3.8) is 0 Å². The molecule has 1 N–H and O–H groups in total. The van der Waals surface area contributed by atoms with Crippen LogP contribution in [0.25, 0.3) is 0 Å². The fraction of sp³-hybridized carbons (Fsp3) is 0.742. The lowest BCUT2D eigenvalue weighted by Crippen LogP contribution is -2.52. The number of piperidine rings is 1. The SMILES string of the molecule is CC.CN1CC(c2ccccc2)CC1=O.O=C(CCC1CCCCC1)N1CCC(O)C2(CCCC2)C1. The number of likely N-dealkylation sites (N-methyl/N-ethyl adjacent to an activating group) is 1. The summed E-state index contributed by atoms with van der Waals surface area (Å²) in [6, 6.07) is 10.2. The number of aliphatic hydroxyl groups excluding tert-OH is 1. The Morgan fingerprint density at radius 1 is 1.00 bits per heavy atom. The number of aliphatic hydroxyl groups is 1. The highest BCUT2D eigenvalue weighted by Crippen LogP contribution is 2.45. The van der Waals surface area contributed by atoms with Crippen molar-refractivity contribution in [3.8, 4) is 0 Å². The van der Waals surface area contributed by atoms with Crippen molar-refractivity contribution in [1.82, 2.24) is 9.80 Å². The fourth-order valence-corrected chi connectivity index (χ4v) is 6.71. The van der Waals surface area contributed by atoms with Gasteiger partial charge in [0, 0.05) is 50.9 Å². The van der Waals surface area contributed by atoms with Crippen LogP contribution in [0.1, 0.15) is 109 Å². The van der Waals surface area contributed by atoms with Gasteiger partial charge in [-0.3, -0.25) is 9.59 Å². The third-order valence-electron chi connectivity index (χ3n) is 8.94. The van der Waals surface area contributed by atoms with E-state index in [1.54, 1.807) is 4.90 Å². The molecule has 2 saturated heterocycles. The van der Waals surface area contributed by atoms with Crippen LogP contribution >= 0.6 is 0 Å². The van der Waals surface area contributed by atoms with Crippen LogP contribution < -0.4 is 0 Å². The zero-order chi connectivity index (χ0) is 26.0. The van der Waals surface area contributed by atoms with Crippen molar-refractivity contribution in [1.29, 1.82) is 0 Å². The molecule has 2 saturated carbocycles. The number of nitrogens with zero attached hydrogens (tertiary/aromatic N) is 2. The lowest BCUT2D eigenvalue weighted by atomic mass is 9.76. The molecule has 0 radical (unpaired) electrons. The van der Waals surface area contributed by atoms with E-state index in [-0.39, 0.29) is 17.4 Å². The third-order valence-corrected chi connectivity index (χ3v) is 8.94. The van der Waals surface area contributed by atoms with Gasteiger partial charge in [0.1, 0.15) is 0 Å². The predicted molar refractivity (Wildman–Crippen MR) is 147 cm³/mol. The summed E-state index contributed by atoms with van der Waals surface area (Å²) in [4.78, 5) is 27.7. The van der Waals surface area contributed by atoms with E-state index in [0.717, 1.165) is 57.7 Å². The molecule has 1 spiro atoms. The number of hydrogen-bond donors (Lipinski definition) is 1. The molecule has 5 heteroatoms. The summed E-state index contributed by atoms with van der Waals surface area (Å²) in [7, 11) is 1.87. The molecule has 1 aromatic carbocycles. The van der Waals surface area contributed by atoms with Crippen LogP contribution in [0, 0.1) is 11.3 Å². The average Bonchev–Trinajstić information content (AvgIpc) is 3.53. The third kappa shape index (κ3) is 7.57. The monoisotopic (exact) mass is 498 g/mol. The maximum absolute atomic E-state index is 12.5. The highest BCUT2D eigenvalue weighted by Gasteiger charge is 2.45. The van der Waals surface area contributed by atoms with E-state index in [0.29, 0.717) is 18.2 Å². The largest absolute Gasteiger partial charge is 0.392 e. The molecule has 2 atom stereocenters. The minimum absolute atomic E-state index is 0.0404. The second-order valence-electron chi connectivity index (χ2n) is 11.3. The summed E-state index contributed by atoms with van der Waals surface area (Å²) < 4.78 is 0. The molecule has 2 aliphatic heterocycles. The number of benzene rings is 1. The first kappa shape index (κ1) is 28.7. The van der Waals surface area contributed by atoms with Gasteiger partial charge in [-0.15, -0.1) is 0 Å². The molecule has 1 aromatic rings. The molecule has 36 heavy (non-hydrogen) atoms. The maximum atomic E-state index is 12.5. The van der Waals surface area contributed by atoms with E-state index in [4.69, 9.17) is 0 Å². The van der Waals surface area contributed by atoms with Crippen LogP contribution in [-0.2, 0) is 9.59 Å². The van der Waals surface area contributed by atoms with Gasteiger partial charge in [-0.1, -0.05) is 89.1 Å². The van der Waals surface area contributed by atoms with E-state index < -0.39 is 0 Å². The number of hydrogen-bond acceptors (Lipinski definition) is 3. The van der Waals surface area contributed by atoms with Gasteiger partial charge in [0.25, 0.3) is 0 Å². The summed E-state index contributed by atoms with van der Waals surface area (Å²) in [6.45, 7) is 6.45. The lowest BCUT2D eigenvalue weighted by Gasteiger charge is -2.44. The summed E-state index contributed by atoms with van der Waals surface area (Å²) in [5.74, 6) is 1.80. The molecule has 4 aliphatic rings. The van der Waals surface area contributed by atoms with Crippen LogP contribution in [0.3, 0.4) is 0 Å². The van der Waals surface area contributed by atoms with Gasteiger partial charge in [0.15, 0.2) is 0 Å². The van der Waals surface area contributed by atoms with Crippen LogP contribution in [0.4, 0.5) is 0 Å². The van der Waals surface area contributed by atoms with Crippen molar-refractivity contribution < 1.29 is 14.7 Å². The minimum Gasteiger partial charge on any atom is -0.392 e. The zero-order valence-electron chi connectivity index (χ0n) is 23.1. The van der Waals surface area contributed by atoms with Crippen LogP contribution in [0.15, 0.2) is 30.3 Å². The molecule has 0 bridgehead atoms. The number of likely N-dealkylation sites (tertiary alicyclic amines) is 2. The maximum Gasteiger partial charge on any atom is 0.223 e. The highest BCUT2D eigenvalue weighted by molar-refractivity contribution is 5.79. The van der Waals surface area contributed by atoms with E-state index >= 15 is 0 Å². The molecule has 5 rings (SSSR count). The van der Waals surface area contributed by atoms with Crippen LogP contribution in [0.2, 0.25) is 0 Å². The molecular weight excluding hydrogens is 448 g/mol. The Hall–Kier alpha value is -1.88. The molecular formula is C31H50N2O3. The summed E-state index contributed by atoms with van der Waals surface area (Å²) in [5, 5.41) is 10.4. The molecule has 2 amide bonds. The van der Waals surface area contributed by atoms with Gasteiger partial charge in [-0.2, -0.15) is 0 Å². The fourth-order valence-electron chi connectivity index (χ4n) is 6.71. The predicted octanol–water partition coefficient (Wildman–Crippen LogP) is 6.16. The van der Waals surface area contributed by atoms with Gasteiger partial charge < -0.3 is 14.9 Å². The Morgan fingerprint density at radius 3 is 2.28 bits per heavy atom. The topological polar surface area (TPSA) is 60.9 Å². The van der Waals surface area contributed by atoms with Crippen molar-refractivity contribution >= 4 is 11.8 Å². The number of carbonyl (C=O) groups is 2. The summed E-state index contributed by atoms with van der Waals surface area (Å²) >= 11 is 0. The van der Waals surface area contributed by atoms with Gasteiger partial charge in [0.2, 0.25) is 11.8 Å². The Bertz CT molecular complexity index is 799. The molecule has 5 nitrogen and oxygen atoms in total. The average molecular weight is 499 g/mol. The number of rotatable bonds is 4. The van der Waals surface area contributed by atoms with Crippen molar-refractivity contribution in [2.24, 2.45) is 11.3 Å². The van der Waals surface area contributed by atoms with E-state index in [2.05, 4.69) is 17.0 Å². The van der Waals surface area contributed by atoms with E-state index in [9.17, 15) is 14.7 Å². The first-order valence-corrected chi connectivity index (χ1v) is 14.7. The second-order valence-corrected chi connectivity index (χ2v) is 11.3. The van der Waals surface area contributed by atoms with Gasteiger partial charge >= 0.3 is 0 Å². The summed E-state index contributed by atoms with van der Waals surface area (Å²) in [6.07, 6.45) is 14.5. The van der Waals surface area contributed by atoms with Crippen molar-refractivity contribution in [2.45, 2.75) is 109 Å². The Labute approximate surface area is 219 Å². The number of amides is 2.